The van der Waals surface area contributed by atoms with E-state index in [1.54, 1.807) is 6.07 Å². The monoisotopic (exact) mass is 540 g/mol. The number of aromatic nitrogens is 3. The molecule has 1 unspecified atom stereocenters. The number of hydrogen-bond donors (Lipinski definition) is 1. The molecule has 2 aliphatic rings. The molecule has 0 saturated carbocycles. The van der Waals surface area contributed by atoms with Crippen LogP contribution < -0.4 is 5.43 Å². The fraction of sp³-hybridized carbons (Fsp3) is 0.407. The van der Waals surface area contributed by atoms with Gasteiger partial charge in [0.1, 0.15) is 17.5 Å². The summed E-state index contributed by atoms with van der Waals surface area (Å²) in [5.74, 6) is -1.40. The summed E-state index contributed by atoms with van der Waals surface area (Å²) in [5, 5.41) is 10.4. The highest BCUT2D eigenvalue weighted by Gasteiger charge is 2.43. The largest absolute Gasteiger partial charge is 0.306 e. The van der Waals surface area contributed by atoms with Gasteiger partial charge >= 0.3 is 0 Å². The number of hydrogen-bond acceptors (Lipinski definition) is 8. The number of halogens is 2. The lowest BCUT2D eigenvalue weighted by molar-refractivity contribution is 0.222. The topological polar surface area (TPSA) is 100 Å². The van der Waals surface area contributed by atoms with Crippen LogP contribution in [0.15, 0.2) is 47.5 Å². The minimum atomic E-state index is -3.29. The summed E-state index contributed by atoms with van der Waals surface area (Å²) >= 11 is 0. The van der Waals surface area contributed by atoms with Crippen LogP contribution in [0.25, 0.3) is 11.3 Å². The second-order valence-electron chi connectivity index (χ2n) is 9.96. The molecule has 3 aromatic rings. The van der Waals surface area contributed by atoms with E-state index in [0.29, 0.717) is 12.1 Å². The molecule has 38 heavy (non-hydrogen) atoms. The smallest absolute Gasteiger partial charge is 0.164 e. The van der Waals surface area contributed by atoms with Crippen molar-refractivity contribution < 1.29 is 17.2 Å². The molecule has 0 saturated heterocycles. The van der Waals surface area contributed by atoms with E-state index in [1.165, 1.54) is 35.8 Å². The van der Waals surface area contributed by atoms with Gasteiger partial charge in [0.15, 0.2) is 16.0 Å². The zero-order valence-corrected chi connectivity index (χ0v) is 22.3. The number of sulfone groups is 1. The molecule has 8 nitrogen and oxygen atoms in total. The van der Waals surface area contributed by atoms with E-state index in [9.17, 15) is 17.2 Å². The predicted molar refractivity (Wildman–Crippen MR) is 141 cm³/mol. The van der Waals surface area contributed by atoms with Gasteiger partial charge in [-0.05, 0) is 67.5 Å². The number of benzene rings is 1. The summed E-state index contributed by atoms with van der Waals surface area (Å²) in [6, 6.07) is 11.2. The fourth-order valence-corrected chi connectivity index (χ4v) is 6.36. The van der Waals surface area contributed by atoms with E-state index >= 15 is 0 Å². The van der Waals surface area contributed by atoms with Gasteiger partial charge < -0.3 is 5.43 Å². The lowest BCUT2D eigenvalue weighted by Gasteiger charge is -2.40. The van der Waals surface area contributed by atoms with Crippen molar-refractivity contribution in [2.24, 2.45) is 4.99 Å². The molecule has 3 atom stereocenters. The van der Waals surface area contributed by atoms with E-state index in [0.717, 1.165) is 36.2 Å². The van der Waals surface area contributed by atoms with Gasteiger partial charge in [0.05, 0.1) is 40.1 Å². The Morgan fingerprint density at radius 1 is 1.11 bits per heavy atom. The van der Waals surface area contributed by atoms with Crippen LogP contribution in [0.4, 0.5) is 8.78 Å². The molecule has 0 fully saturated rings. The SMILES string of the molecule is CC[C@H]1CC[C@](CC)(c2cccc(C3N=CNN3CS(C)(=O)=O)n2)c2nnc(-c3c(F)cccc3F)cc21. The minimum absolute atomic E-state index is 0.172. The van der Waals surface area contributed by atoms with Crippen molar-refractivity contribution >= 4 is 16.2 Å². The first-order valence-corrected chi connectivity index (χ1v) is 14.7. The summed E-state index contributed by atoms with van der Waals surface area (Å²) in [7, 11) is -3.29. The lowest BCUT2D eigenvalue weighted by atomic mass is 9.65. The average Bonchev–Trinajstić information content (AvgIpc) is 3.34. The van der Waals surface area contributed by atoms with Gasteiger partial charge in [0.25, 0.3) is 0 Å². The van der Waals surface area contributed by atoms with E-state index in [-0.39, 0.29) is 23.1 Å². The first-order valence-electron chi connectivity index (χ1n) is 12.7. The highest BCUT2D eigenvalue weighted by Crippen LogP contribution is 2.49. The van der Waals surface area contributed by atoms with Crippen LogP contribution in [0.1, 0.15) is 74.3 Å². The standard InChI is InChI=1S/C27H30F2N6O2S/c1-4-17-12-13-27(5-2,25-18(17)14-22(33-34-25)24-19(28)8-6-9-20(24)29)23-11-7-10-21(32-23)26-30-15-31-35(26)16-38(3,36)37/h6-11,14-15,17,26H,4-5,12-13,16H2,1-3H3,(H,30,31)/t17-,26?,27+/m0/s1. The third-order valence-corrected chi connectivity index (χ3v) is 8.33. The van der Waals surface area contributed by atoms with Crippen LogP contribution in [0.3, 0.4) is 0 Å². The molecule has 5 rings (SSSR count). The maximum absolute atomic E-state index is 14.6. The Balaban J connectivity index is 1.60. The van der Waals surface area contributed by atoms with Gasteiger partial charge in [0.2, 0.25) is 0 Å². The summed E-state index contributed by atoms with van der Waals surface area (Å²) in [4.78, 5) is 9.38. The Morgan fingerprint density at radius 2 is 1.84 bits per heavy atom. The molecule has 3 heterocycles. The lowest BCUT2D eigenvalue weighted by Crippen LogP contribution is -2.39. The Bertz CT molecular complexity index is 1480. The number of nitrogens with zero attached hydrogens (tertiary/aromatic N) is 5. The quantitative estimate of drug-likeness (QED) is 0.466. The van der Waals surface area contributed by atoms with Gasteiger partial charge in [-0.2, -0.15) is 10.1 Å². The third kappa shape index (κ3) is 4.69. The highest BCUT2D eigenvalue weighted by molar-refractivity contribution is 7.90. The van der Waals surface area contributed by atoms with E-state index in [2.05, 4.69) is 34.5 Å². The summed E-state index contributed by atoms with van der Waals surface area (Å²) in [6.07, 6.45) is 5.23. The maximum atomic E-state index is 14.6. The molecule has 2 aromatic heterocycles. The van der Waals surface area contributed by atoms with Crippen molar-refractivity contribution in [2.45, 2.75) is 57.0 Å². The van der Waals surface area contributed by atoms with E-state index in [1.807, 2.05) is 18.2 Å². The van der Waals surface area contributed by atoms with Crippen molar-refractivity contribution in [3.63, 3.8) is 0 Å². The molecule has 0 spiro atoms. The maximum Gasteiger partial charge on any atom is 0.164 e. The minimum Gasteiger partial charge on any atom is -0.306 e. The van der Waals surface area contributed by atoms with Gasteiger partial charge in [0, 0.05) is 6.26 Å². The van der Waals surface area contributed by atoms with Crippen LogP contribution in [-0.2, 0) is 15.3 Å². The molecule has 0 bridgehead atoms. The Kier molecular flexibility index (Phi) is 6.99. The van der Waals surface area contributed by atoms with Crippen LogP contribution >= 0.6 is 0 Å². The second kappa shape index (κ2) is 10.1. The molecule has 0 radical (unpaired) electrons. The molecule has 1 aliphatic heterocycles. The molecule has 1 aliphatic carbocycles. The highest BCUT2D eigenvalue weighted by atomic mass is 32.2. The molecule has 200 valence electrons. The zero-order chi connectivity index (χ0) is 27.1. The first kappa shape index (κ1) is 26.3. The van der Waals surface area contributed by atoms with Crippen molar-refractivity contribution in [1.82, 2.24) is 25.6 Å². The number of rotatable bonds is 7. The first-order chi connectivity index (χ1) is 18.2. The van der Waals surface area contributed by atoms with E-state index < -0.39 is 33.1 Å². The molecule has 0 amide bonds. The van der Waals surface area contributed by atoms with E-state index in [4.69, 9.17) is 4.98 Å². The van der Waals surface area contributed by atoms with Crippen LogP contribution in [0, 0.1) is 11.6 Å². The van der Waals surface area contributed by atoms with Crippen molar-refractivity contribution in [3.05, 3.63) is 76.7 Å². The van der Waals surface area contributed by atoms with Gasteiger partial charge in [-0.1, -0.05) is 26.0 Å². The predicted octanol–water partition coefficient (Wildman–Crippen LogP) is 4.65. The van der Waals surface area contributed by atoms with Crippen LogP contribution in [0.5, 0.6) is 0 Å². The fourth-order valence-electron chi connectivity index (χ4n) is 5.63. The Hall–Kier alpha value is -3.31. The number of hydrazine groups is 1. The summed E-state index contributed by atoms with van der Waals surface area (Å²) < 4.78 is 53.0. The number of fused-ring (bicyclic) bond motifs is 1. The summed E-state index contributed by atoms with van der Waals surface area (Å²) in [6.45, 7) is 4.17. The molecular weight excluding hydrogens is 510 g/mol. The van der Waals surface area contributed by atoms with Gasteiger partial charge in [-0.15, -0.1) is 5.10 Å². The van der Waals surface area contributed by atoms with Crippen molar-refractivity contribution in [3.8, 4) is 11.3 Å². The van der Waals surface area contributed by atoms with Crippen molar-refractivity contribution in [1.29, 1.82) is 0 Å². The Morgan fingerprint density at radius 3 is 2.53 bits per heavy atom. The summed E-state index contributed by atoms with van der Waals surface area (Å²) in [5.41, 5.74) is 5.41. The Labute approximate surface area is 221 Å². The van der Waals surface area contributed by atoms with Gasteiger partial charge in [-0.3, -0.25) is 4.98 Å². The number of nitrogens with one attached hydrogen (secondary N) is 1. The molecule has 1 N–H and O–H groups in total. The normalized spacial score (nSPS) is 23.3. The van der Waals surface area contributed by atoms with Gasteiger partial charge in [-0.25, -0.2) is 22.2 Å². The molecule has 11 heteroatoms. The number of pyridine rings is 1. The average molecular weight is 541 g/mol. The zero-order valence-electron chi connectivity index (χ0n) is 21.5. The molecular formula is C27H30F2N6O2S. The number of aliphatic imine (C=N–C) groups is 1. The van der Waals surface area contributed by atoms with Crippen molar-refractivity contribution in [2.75, 3.05) is 12.1 Å². The molecule has 1 aromatic carbocycles. The van der Waals surface area contributed by atoms with Crippen LogP contribution in [-0.4, -0.2) is 47.1 Å². The third-order valence-electron chi connectivity index (χ3n) is 7.58. The van der Waals surface area contributed by atoms with Crippen LogP contribution in [0.2, 0.25) is 0 Å². The second-order valence-corrected chi connectivity index (χ2v) is 12.1.